The molecule has 1 aliphatic rings. The summed E-state index contributed by atoms with van der Waals surface area (Å²) in [4.78, 5) is 20.7. The molecular weight excluding hydrogens is 481 g/mol. The van der Waals surface area contributed by atoms with Crippen LogP contribution in [0.5, 0.6) is 5.75 Å². The minimum absolute atomic E-state index is 0.283. The zero-order chi connectivity index (χ0) is 27.7. The summed E-state index contributed by atoms with van der Waals surface area (Å²) in [6, 6.07) is 12.1. The Balaban J connectivity index is 1.86. The number of halogens is 1. The van der Waals surface area contributed by atoms with Crippen LogP contribution in [0, 0.1) is 5.82 Å². The highest BCUT2D eigenvalue weighted by Gasteiger charge is 2.18. The summed E-state index contributed by atoms with van der Waals surface area (Å²) in [5.41, 5.74) is 3.20. The molecule has 1 saturated heterocycles. The summed E-state index contributed by atoms with van der Waals surface area (Å²) in [5, 5.41) is 5.88. The van der Waals surface area contributed by atoms with Crippen molar-refractivity contribution < 1.29 is 13.9 Å². The van der Waals surface area contributed by atoms with Crippen LogP contribution in [0.2, 0.25) is 0 Å². The lowest BCUT2D eigenvalue weighted by atomic mass is 10.1. The number of nitrogens with one attached hydrogen (secondary N) is 2. The van der Waals surface area contributed by atoms with Gasteiger partial charge < -0.3 is 25.2 Å². The van der Waals surface area contributed by atoms with Crippen LogP contribution < -0.4 is 20.3 Å². The molecule has 2 aromatic rings. The Bertz CT molecular complexity index is 1270. The highest BCUT2D eigenvalue weighted by Crippen LogP contribution is 2.26. The van der Waals surface area contributed by atoms with E-state index in [-0.39, 0.29) is 11.7 Å². The van der Waals surface area contributed by atoms with Gasteiger partial charge in [-0.3, -0.25) is 4.79 Å². The Morgan fingerprint density at radius 2 is 1.79 bits per heavy atom. The van der Waals surface area contributed by atoms with Crippen LogP contribution >= 0.6 is 0 Å². The van der Waals surface area contributed by atoms with Gasteiger partial charge in [0.2, 0.25) is 11.8 Å². The van der Waals surface area contributed by atoms with Gasteiger partial charge in [0.15, 0.2) is 0 Å². The summed E-state index contributed by atoms with van der Waals surface area (Å²) in [7, 11) is 2.07. The fourth-order valence-corrected chi connectivity index (χ4v) is 3.92. The number of hydrogen-bond acceptors (Lipinski definition) is 5. The molecule has 0 saturated carbocycles. The molecule has 1 fully saturated rings. The Kier molecular flexibility index (Phi) is 10.0. The number of likely N-dealkylation sites (N-methyl/N-ethyl adjacent to an activating group) is 1. The molecule has 0 aromatic heterocycles. The number of ether oxygens (including phenoxy) is 1. The third-order valence-corrected chi connectivity index (χ3v) is 5.91. The van der Waals surface area contributed by atoms with Crippen LogP contribution in [0.4, 0.5) is 21.5 Å². The number of piperazine rings is 1. The van der Waals surface area contributed by atoms with Crippen LogP contribution in [0.15, 0.2) is 95.9 Å². The third-order valence-electron chi connectivity index (χ3n) is 5.91. The molecule has 38 heavy (non-hydrogen) atoms. The molecule has 1 amide bonds. The molecule has 0 bridgehead atoms. The lowest BCUT2D eigenvalue weighted by molar-refractivity contribution is -0.111. The summed E-state index contributed by atoms with van der Waals surface area (Å²) >= 11 is 0. The molecular formula is C30H36FN5O2. The first-order valence-electron chi connectivity index (χ1n) is 12.5. The third kappa shape index (κ3) is 7.91. The highest BCUT2D eigenvalue weighted by molar-refractivity contribution is 5.99. The first kappa shape index (κ1) is 28.4. The second-order valence-electron chi connectivity index (χ2n) is 9.10. The predicted octanol–water partition coefficient (Wildman–Crippen LogP) is 5.98. The highest BCUT2D eigenvalue weighted by atomic mass is 19.1. The van der Waals surface area contributed by atoms with E-state index in [4.69, 9.17) is 4.74 Å². The van der Waals surface area contributed by atoms with Gasteiger partial charge in [-0.25, -0.2) is 4.39 Å². The molecule has 2 aromatic carbocycles. The van der Waals surface area contributed by atoms with E-state index in [1.807, 2.05) is 32.1 Å². The minimum atomic E-state index is -0.321. The van der Waals surface area contributed by atoms with Gasteiger partial charge in [-0.2, -0.15) is 4.99 Å². The average Bonchev–Trinajstić information content (AvgIpc) is 2.87. The van der Waals surface area contributed by atoms with Gasteiger partial charge in [-0.05, 0) is 69.8 Å². The standard InChI is InChI=1S/C30H36FN5O2/c1-7-10-26(21(3)4)30(38-25-12-9-11-23(19-25)34-29(37)8-2)33-22(5)32-24-13-14-28(27(31)20-24)36-17-15-35(6)16-18-36/h7-14,19-20H,2-3,15-18H2,1,4-6H3,(H,32,33)(H,34,37)/b10-7-,30-26+. The Labute approximate surface area is 224 Å². The van der Waals surface area contributed by atoms with E-state index in [2.05, 4.69) is 45.6 Å². The van der Waals surface area contributed by atoms with Crippen molar-refractivity contribution in [3.05, 3.63) is 96.7 Å². The Morgan fingerprint density at radius 3 is 2.42 bits per heavy atom. The quantitative estimate of drug-likeness (QED) is 0.141. The summed E-state index contributed by atoms with van der Waals surface area (Å²) in [6.07, 6.45) is 4.94. The molecule has 0 atom stereocenters. The second-order valence-corrected chi connectivity index (χ2v) is 9.10. The van der Waals surface area contributed by atoms with Crippen molar-refractivity contribution in [2.75, 3.05) is 48.8 Å². The number of hydrogen-bond donors (Lipinski definition) is 2. The normalized spacial score (nSPS) is 15.2. The van der Waals surface area contributed by atoms with Crippen molar-refractivity contribution in [3.63, 3.8) is 0 Å². The molecule has 2 N–H and O–H groups in total. The van der Waals surface area contributed by atoms with E-state index < -0.39 is 0 Å². The van der Waals surface area contributed by atoms with Crippen LogP contribution in [0.1, 0.15) is 20.8 Å². The first-order valence-corrected chi connectivity index (χ1v) is 12.5. The van der Waals surface area contributed by atoms with Crippen LogP contribution in [0.3, 0.4) is 0 Å². The van der Waals surface area contributed by atoms with E-state index in [9.17, 15) is 9.18 Å². The van der Waals surface area contributed by atoms with Gasteiger partial charge in [0.05, 0.1) is 5.69 Å². The van der Waals surface area contributed by atoms with Crippen molar-refractivity contribution in [1.82, 2.24) is 4.90 Å². The van der Waals surface area contributed by atoms with Crippen molar-refractivity contribution in [1.29, 1.82) is 0 Å². The number of aliphatic imine (C=N–C) groups is 1. The second kappa shape index (κ2) is 13.4. The molecule has 8 heteroatoms. The SMILES string of the molecule is C=CC(=O)Nc1cccc(OC(/N=C(\C)Nc2ccc(N3CCN(C)CC3)c(F)c2)=C(\C=C/C)C(=C)C)c1. The number of carbonyl (C=O) groups excluding carboxylic acids is 1. The maximum Gasteiger partial charge on any atom is 0.247 e. The molecule has 0 unspecified atom stereocenters. The lowest BCUT2D eigenvalue weighted by Crippen LogP contribution is -2.44. The molecule has 1 aliphatic heterocycles. The predicted molar refractivity (Wildman–Crippen MR) is 155 cm³/mol. The zero-order valence-corrected chi connectivity index (χ0v) is 22.6. The number of nitrogens with zero attached hydrogens (tertiary/aromatic N) is 3. The number of rotatable bonds is 9. The van der Waals surface area contributed by atoms with Crippen molar-refractivity contribution in [3.8, 4) is 5.75 Å². The van der Waals surface area contributed by atoms with Gasteiger partial charge in [0.1, 0.15) is 17.4 Å². The van der Waals surface area contributed by atoms with E-state index in [1.54, 1.807) is 37.3 Å². The van der Waals surface area contributed by atoms with Crippen LogP contribution in [-0.4, -0.2) is 49.9 Å². The number of anilines is 3. The van der Waals surface area contributed by atoms with E-state index in [1.165, 1.54) is 12.1 Å². The zero-order valence-electron chi connectivity index (χ0n) is 22.6. The number of amidine groups is 1. The van der Waals surface area contributed by atoms with Crippen molar-refractivity contribution in [2.24, 2.45) is 4.99 Å². The maximum absolute atomic E-state index is 15.0. The van der Waals surface area contributed by atoms with Gasteiger partial charge >= 0.3 is 0 Å². The van der Waals surface area contributed by atoms with E-state index >= 15 is 0 Å². The molecule has 0 radical (unpaired) electrons. The molecule has 200 valence electrons. The summed E-state index contributed by atoms with van der Waals surface area (Å²) in [5.74, 6) is 0.686. The monoisotopic (exact) mass is 517 g/mol. The van der Waals surface area contributed by atoms with Crippen molar-refractivity contribution in [2.45, 2.75) is 20.8 Å². The first-order chi connectivity index (χ1) is 18.2. The van der Waals surface area contributed by atoms with Gasteiger partial charge in [0, 0.05) is 49.2 Å². The van der Waals surface area contributed by atoms with E-state index in [0.29, 0.717) is 40.1 Å². The van der Waals surface area contributed by atoms with E-state index in [0.717, 1.165) is 31.8 Å². The van der Waals surface area contributed by atoms with Gasteiger partial charge in [-0.1, -0.05) is 31.4 Å². The van der Waals surface area contributed by atoms with Gasteiger partial charge in [0.25, 0.3) is 0 Å². The summed E-state index contributed by atoms with van der Waals surface area (Å²) < 4.78 is 21.2. The molecule has 3 rings (SSSR count). The number of allylic oxidation sites excluding steroid dienone is 4. The maximum atomic E-state index is 15.0. The largest absolute Gasteiger partial charge is 0.438 e. The molecule has 0 spiro atoms. The smallest absolute Gasteiger partial charge is 0.247 e. The fourth-order valence-electron chi connectivity index (χ4n) is 3.92. The molecule has 1 heterocycles. The van der Waals surface area contributed by atoms with Crippen LogP contribution in [-0.2, 0) is 4.79 Å². The number of amides is 1. The number of benzene rings is 2. The Hall–Kier alpha value is -4.17. The van der Waals surface area contributed by atoms with Crippen LogP contribution in [0.25, 0.3) is 0 Å². The average molecular weight is 518 g/mol. The lowest BCUT2D eigenvalue weighted by Gasteiger charge is -2.34. The Morgan fingerprint density at radius 1 is 1.08 bits per heavy atom. The van der Waals surface area contributed by atoms with Crippen molar-refractivity contribution >= 4 is 28.8 Å². The van der Waals surface area contributed by atoms with Gasteiger partial charge in [-0.15, -0.1) is 0 Å². The molecule has 0 aliphatic carbocycles. The topological polar surface area (TPSA) is 69.2 Å². The minimum Gasteiger partial charge on any atom is -0.438 e. The summed E-state index contributed by atoms with van der Waals surface area (Å²) in [6.45, 7) is 16.5. The fraction of sp³-hybridized carbons (Fsp3) is 0.267. The number of carbonyl (C=O) groups is 1. The molecule has 7 nitrogen and oxygen atoms in total.